The summed E-state index contributed by atoms with van der Waals surface area (Å²) >= 11 is 0. The van der Waals surface area contributed by atoms with Gasteiger partial charge in [-0.15, -0.1) is 0 Å². The molecule has 1 N–H and O–H groups in total. The van der Waals surface area contributed by atoms with Crippen LogP contribution in [0, 0.1) is 5.82 Å². The van der Waals surface area contributed by atoms with Crippen LogP contribution in [0.25, 0.3) is 0 Å². The average molecular weight is 263 g/mol. The fourth-order valence-corrected chi connectivity index (χ4v) is 2.00. The summed E-state index contributed by atoms with van der Waals surface area (Å²) in [6.45, 7) is 2.88. The molecule has 0 fully saturated rings. The van der Waals surface area contributed by atoms with Gasteiger partial charge < -0.3 is 14.5 Å². The van der Waals surface area contributed by atoms with Crippen molar-refractivity contribution in [2.75, 3.05) is 13.7 Å². The number of hydrogen-bond acceptors (Lipinski definition) is 3. The molecule has 0 saturated carbocycles. The van der Waals surface area contributed by atoms with E-state index < -0.39 is 0 Å². The van der Waals surface area contributed by atoms with Crippen molar-refractivity contribution in [3.63, 3.8) is 0 Å². The summed E-state index contributed by atoms with van der Waals surface area (Å²) in [7, 11) is 1.53. The predicted octanol–water partition coefficient (Wildman–Crippen LogP) is 3.52. The summed E-state index contributed by atoms with van der Waals surface area (Å²) in [4.78, 5) is 0. The van der Waals surface area contributed by atoms with Crippen LogP contribution in [0.4, 0.5) is 4.39 Å². The smallest absolute Gasteiger partial charge is 0.132 e. The van der Waals surface area contributed by atoms with E-state index in [4.69, 9.17) is 9.15 Å². The van der Waals surface area contributed by atoms with E-state index in [-0.39, 0.29) is 11.9 Å². The molecule has 1 atom stereocenters. The standard InChI is InChI=1S/C15H18FNO2/c1-3-7-17-15(11-6-8-19-10-11)13-5-4-12(18-2)9-14(13)16/h4-6,8-10,15,17H,3,7H2,1-2H3. The molecule has 1 aromatic heterocycles. The lowest BCUT2D eigenvalue weighted by molar-refractivity contribution is 0.410. The van der Waals surface area contributed by atoms with E-state index in [0.717, 1.165) is 18.5 Å². The summed E-state index contributed by atoms with van der Waals surface area (Å²) in [5.41, 5.74) is 1.51. The summed E-state index contributed by atoms with van der Waals surface area (Å²) in [5.74, 6) is 0.233. The van der Waals surface area contributed by atoms with Crippen LogP contribution >= 0.6 is 0 Å². The molecule has 0 aliphatic heterocycles. The Morgan fingerprint density at radius 3 is 2.79 bits per heavy atom. The van der Waals surface area contributed by atoms with Gasteiger partial charge in [0.05, 0.1) is 25.7 Å². The molecular weight excluding hydrogens is 245 g/mol. The lowest BCUT2D eigenvalue weighted by Crippen LogP contribution is -2.23. The number of hydrogen-bond donors (Lipinski definition) is 1. The summed E-state index contributed by atoms with van der Waals surface area (Å²) in [6, 6.07) is 6.55. The molecule has 0 bridgehead atoms. The maximum absolute atomic E-state index is 14.2. The van der Waals surface area contributed by atoms with Gasteiger partial charge in [0.1, 0.15) is 11.6 Å². The first-order chi connectivity index (χ1) is 9.26. The monoisotopic (exact) mass is 263 g/mol. The van der Waals surface area contributed by atoms with E-state index in [2.05, 4.69) is 12.2 Å². The summed E-state index contributed by atoms with van der Waals surface area (Å²) in [5, 5.41) is 3.33. The van der Waals surface area contributed by atoms with Gasteiger partial charge in [-0.05, 0) is 25.1 Å². The zero-order chi connectivity index (χ0) is 13.7. The van der Waals surface area contributed by atoms with Gasteiger partial charge in [-0.25, -0.2) is 4.39 Å². The van der Waals surface area contributed by atoms with Crippen LogP contribution in [0.5, 0.6) is 5.75 Å². The second-order valence-electron chi connectivity index (χ2n) is 4.33. The minimum Gasteiger partial charge on any atom is -0.497 e. The van der Waals surface area contributed by atoms with Gasteiger partial charge in [-0.3, -0.25) is 0 Å². The molecule has 1 aromatic carbocycles. The van der Waals surface area contributed by atoms with Crippen LogP contribution in [-0.4, -0.2) is 13.7 Å². The Labute approximate surface area is 112 Å². The molecule has 102 valence electrons. The lowest BCUT2D eigenvalue weighted by atomic mass is 10.0. The van der Waals surface area contributed by atoms with Gasteiger partial charge in [0.15, 0.2) is 0 Å². The third-order valence-corrected chi connectivity index (χ3v) is 2.99. The molecule has 1 unspecified atom stereocenters. The Morgan fingerprint density at radius 2 is 2.21 bits per heavy atom. The molecule has 2 rings (SSSR count). The zero-order valence-corrected chi connectivity index (χ0v) is 11.2. The highest BCUT2D eigenvalue weighted by Gasteiger charge is 2.18. The van der Waals surface area contributed by atoms with Crippen molar-refractivity contribution in [2.45, 2.75) is 19.4 Å². The summed E-state index contributed by atoms with van der Waals surface area (Å²) in [6.07, 6.45) is 4.21. The fraction of sp³-hybridized carbons (Fsp3) is 0.333. The second kappa shape index (κ2) is 6.38. The number of halogens is 1. The topological polar surface area (TPSA) is 34.4 Å². The van der Waals surface area contributed by atoms with Crippen LogP contribution < -0.4 is 10.1 Å². The predicted molar refractivity (Wildman–Crippen MR) is 71.8 cm³/mol. The maximum atomic E-state index is 14.2. The number of nitrogens with one attached hydrogen (secondary N) is 1. The maximum Gasteiger partial charge on any atom is 0.132 e. The highest BCUT2D eigenvalue weighted by molar-refractivity contribution is 5.35. The molecule has 19 heavy (non-hydrogen) atoms. The average Bonchev–Trinajstić information content (AvgIpc) is 2.94. The Balaban J connectivity index is 2.32. The van der Waals surface area contributed by atoms with Gasteiger partial charge in [0, 0.05) is 17.2 Å². The van der Waals surface area contributed by atoms with Gasteiger partial charge in [0.2, 0.25) is 0 Å². The minimum absolute atomic E-state index is 0.204. The molecule has 0 radical (unpaired) electrons. The number of methoxy groups -OCH3 is 1. The van der Waals surface area contributed by atoms with Crippen LogP contribution in [0.3, 0.4) is 0 Å². The van der Waals surface area contributed by atoms with E-state index in [1.54, 1.807) is 24.7 Å². The SMILES string of the molecule is CCCNC(c1ccoc1)c1ccc(OC)cc1F. The van der Waals surface area contributed by atoms with E-state index in [1.165, 1.54) is 13.2 Å². The molecule has 0 spiro atoms. The molecule has 0 saturated heterocycles. The van der Waals surface area contributed by atoms with Crippen molar-refractivity contribution in [2.24, 2.45) is 0 Å². The quantitative estimate of drug-likeness (QED) is 0.866. The second-order valence-corrected chi connectivity index (χ2v) is 4.33. The molecule has 3 nitrogen and oxygen atoms in total. The zero-order valence-electron chi connectivity index (χ0n) is 11.2. The Morgan fingerprint density at radius 1 is 1.37 bits per heavy atom. The first-order valence-corrected chi connectivity index (χ1v) is 6.35. The molecule has 1 heterocycles. The number of ether oxygens (including phenoxy) is 1. The van der Waals surface area contributed by atoms with Crippen LogP contribution in [-0.2, 0) is 0 Å². The van der Waals surface area contributed by atoms with Gasteiger partial charge in [-0.2, -0.15) is 0 Å². The van der Waals surface area contributed by atoms with E-state index in [0.29, 0.717) is 11.3 Å². The third kappa shape index (κ3) is 3.15. The van der Waals surface area contributed by atoms with Gasteiger partial charge in [0.25, 0.3) is 0 Å². The van der Waals surface area contributed by atoms with E-state index in [9.17, 15) is 4.39 Å². The Hall–Kier alpha value is -1.81. The molecular formula is C15H18FNO2. The van der Waals surface area contributed by atoms with Crippen molar-refractivity contribution < 1.29 is 13.5 Å². The van der Waals surface area contributed by atoms with Crippen LogP contribution in [0.1, 0.15) is 30.5 Å². The van der Waals surface area contributed by atoms with Crippen molar-refractivity contribution >= 4 is 0 Å². The molecule has 0 amide bonds. The first kappa shape index (κ1) is 13.6. The van der Waals surface area contributed by atoms with Gasteiger partial charge in [-0.1, -0.05) is 13.0 Å². The Kier molecular flexibility index (Phi) is 4.58. The largest absolute Gasteiger partial charge is 0.497 e. The normalized spacial score (nSPS) is 12.4. The van der Waals surface area contributed by atoms with Crippen LogP contribution in [0.2, 0.25) is 0 Å². The van der Waals surface area contributed by atoms with Crippen molar-refractivity contribution in [1.29, 1.82) is 0 Å². The highest BCUT2D eigenvalue weighted by atomic mass is 19.1. The Bertz CT molecular complexity index is 511. The first-order valence-electron chi connectivity index (χ1n) is 6.35. The fourth-order valence-electron chi connectivity index (χ4n) is 2.00. The highest BCUT2D eigenvalue weighted by Crippen LogP contribution is 2.27. The number of rotatable bonds is 6. The molecule has 4 heteroatoms. The summed E-state index contributed by atoms with van der Waals surface area (Å²) < 4.78 is 24.3. The van der Waals surface area contributed by atoms with E-state index in [1.807, 2.05) is 6.07 Å². The van der Waals surface area contributed by atoms with Crippen molar-refractivity contribution in [1.82, 2.24) is 5.32 Å². The number of furan rings is 1. The molecule has 2 aromatic rings. The minimum atomic E-state index is -0.283. The third-order valence-electron chi connectivity index (χ3n) is 2.99. The molecule has 0 aliphatic rings. The van der Waals surface area contributed by atoms with Crippen LogP contribution in [0.15, 0.2) is 41.2 Å². The van der Waals surface area contributed by atoms with E-state index >= 15 is 0 Å². The molecule has 0 aliphatic carbocycles. The lowest BCUT2D eigenvalue weighted by Gasteiger charge is -2.18. The van der Waals surface area contributed by atoms with Gasteiger partial charge >= 0.3 is 0 Å². The van der Waals surface area contributed by atoms with Crippen molar-refractivity contribution in [3.8, 4) is 5.75 Å². The number of benzene rings is 1. The van der Waals surface area contributed by atoms with Crippen molar-refractivity contribution in [3.05, 3.63) is 53.7 Å².